The van der Waals surface area contributed by atoms with E-state index in [1.54, 1.807) is 13.0 Å². The first-order chi connectivity index (χ1) is 7.73. The fourth-order valence-electron chi connectivity index (χ4n) is 1.15. The Bertz CT molecular complexity index is 359. The summed E-state index contributed by atoms with van der Waals surface area (Å²) in [7, 11) is -3.73. The quantitative estimate of drug-likeness (QED) is 0.720. The molecular weight excluding hydrogens is 257 g/mol. The lowest BCUT2D eigenvalue weighted by atomic mass is 10.2. The highest BCUT2D eigenvalue weighted by Gasteiger charge is 2.26. The summed E-state index contributed by atoms with van der Waals surface area (Å²) in [5.41, 5.74) is 0. The molecule has 17 heavy (non-hydrogen) atoms. The zero-order chi connectivity index (χ0) is 13.5. The first-order valence-electron chi connectivity index (χ1n) is 5.17. The van der Waals surface area contributed by atoms with Gasteiger partial charge in [-0.3, -0.25) is 0 Å². The van der Waals surface area contributed by atoms with Crippen LogP contribution in [-0.4, -0.2) is 26.4 Å². The number of hydrogen-bond donors (Lipinski definition) is 1. The van der Waals surface area contributed by atoms with Crippen molar-refractivity contribution < 1.29 is 21.6 Å². The van der Waals surface area contributed by atoms with Crippen molar-refractivity contribution in [2.45, 2.75) is 44.0 Å². The highest BCUT2D eigenvalue weighted by atomic mass is 32.2. The van der Waals surface area contributed by atoms with Crippen molar-refractivity contribution in [2.75, 3.05) is 6.54 Å². The summed E-state index contributed by atoms with van der Waals surface area (Å²) in [5, 5.41) is 7.41. The lowest BCUT2D eigenvalue weighted by Crippen LogP contribution is -2.33. The van der Waals surface area contributed by atoms with Crippen LogP contribution >= 0.6 is 0 Å². The summed E-state index contributed by atoms with van der Waals surface area (Å²) >= 11 is 0. The third kappa shape index (κ3) is 7.18. The van der Waals surface area contributed by atoms with Gasteiger partial charge in [0.1, 0.15) is 0 Å². The highest BCUT2D eigenvalue weighted by Crippen LogP contribution is 2.21. The minimum absolute atomic E-state index is 0.0728. The predicted molar refractivity (Wildman–Crippen MR) is 56.5 cm³/mol. The Hall–Kier alpha value is -0.810. The molecule has 0 aromatic rings. The predicted octanol–water partition coefficient (Wildman–Crippen LogP) is 1.94. The lowest BCUT2D eigenvalue weighted by molar-refractivity contribution is -0.135. The molecule has 0 radical (unpaired) electrons. The molecule has 0 bridgehead atoms. The molecule has 0 amide bonds. The van der Waals surface area contributed by atoms with Gasteiger partial charge in [-0.25, -0.2) is 13.1 Å². The van der Waals surface area contributed by atoms with Crippen molar-refractivity contribution in [3.05, 3.63) is 0 Å². The van der Waals surface area contributed by atoms with E-state index in [4.69, 9.17) is 5.26 Å². The van der Waals surface area contributed by atoms with Crippen LogP contribution in [0.1, 0.15) is 32.6 Å². The summed E-state index contributed by atoms with van der Waals surface area (Å²) in [5.74, 6) is 0. The molecule has 0 heterocycles. The molecule has 100 valence electrons. The Morgan fingerprint density at radius 1 is 1.35 bits per heavy atom. The largest absolute Gasteiger partial charge is 0.389 e. The van der Waals surface area contributed by atoms with Gasteiger partial charge in [0.15, 0.2) is 5.25 Å². The zero-order valence-electron chi connectivity index (χ0n) is 9.42. The van der Waals surface area contributed by atoms with E-state index in [9.17, 15) is 21.6 Å². The summed E-state index contributed by atoms with van der Waals surface area (Å²) in [6, 6.07) is 1.63. The van der Waals surface area contributed by atoms with Crippen LogP contribution in [0.3, 0.4) is 0 Å². The Balaban J connectivity index is 3.94. The maximum absolute atomic E-state index is 11.8. The molecule has 0 aromatic carbocycles. The minimum atomic E-state index is -4.21. The van der Waals surface area contributed by atoms with Gasteiger partial charge in [-0.15, -0.1) is 0 Å². The number of nitriles is 1. The third-order valence-electron chi connectivity index (χ3n) is 2.08. The van der Waals surface area contributed by atoms with E-state index < -0.39 is 27.9 Å². The SMILES string of the molecule is CCC(C#N)S(=O)(=O)NCCCCC(F)(F)F. The number of alkyl halides is 3. The van der Waals surface area contributed by atoms with Crippen LogP contribution in [-0.2, 0) is 10.0 Å². The molecule has 0 aliphatic rings. The van der Waals surface area contributed by atoms with Gasteiger partial charge in [0, 0.05) is 13.0 Å². The van der Waals surface area contributed by atoms with Crippen molar-refractivity contribution in [1.29, 1.82) is 5.26 Å². The summed E-state index contributed by atoms with van der Waals surface area (Å²) in [6.07, 6.45) is -5.02. The number of hydrogen-bond acceptors (Lipinski definition) is 3. The average molecular weight is 272 g/mol. The number of rotatable bonds is 7. The van der Waals surface area contributed by atoms with Gasteiger partial charge >= 0.3 is 6.18 Å². The van der Waals surface area contributed by atoms with E-state index in [0.29, 0.717) is 0 Å². The molecule has 0 saturated heterocycles. The second-order valence-electron chi connectivity index (χ2n) is 3.54. The summed E-state index contributed by atoms with van der Waals surface area (Å²) in [4.78, 5) is 0. The fraction of sp³-hybridized carbons (Fsp3) is 0.889. The van der Waals surface area contributed by atoms with Gasteiger partial charge in [0.05, 0.1) is 6.07 Å². The minimum Gasteiger partial charge on any atom is -0.214 e. The van der Waals surface area contributed by atoms with Crippen LogP contribution < -0.4 is 4.72 Å². The standard InChI is InChI=1S/C9H15F3N2O2S/c1-2-8(7-13)17(15,16)14-6-4-3-5-9(10,11)12/h8,14H,2-6H2,1H3. The van der Waals surface area contributed by atoms with Gasteiger partial charge < -0.3 is 0 Å². The molecule has 1 atom stereocenters. The number of halogens is 3. The molecule has 0 aliphatic heterocycles. The Morgan fingerprint density at radius 3 is 2.35 bits per heavy atom. The zero-order valence-corrected chi connectivity index (χ0v) is 10.2. The van der Waals surface area contributed by atoms with Crippen LogP contribution in [0.2, 0.25) is 0 Å². The molecule has 0 saturated carbocycles. The number of nitrogens with one attached hydrogen (secondary N) is 1. The number of sulfonamides is 1. The topological polar surface area (TPSA) is 70.0 Å². The molecule has 1 unspecified atom stereocenters. The van der Waals surface area contributed by atoms with Gasteiger partial charge in [-0.1, -0.05) is 6.92 Å². The van der Waals surface area contributed by atoms with E-state index in [2.05, 4.69) is 4.72 Å². The average Bonchev–Trinajstić information content (AvgIpc) is 2.16. The molecule has 0 aliphatic carbocycles. The Kier molecular flexibility index (Phi) is 6.49. The second kappa shape index (κ2) is 6.81. The van der Waals surface area contributed by atoms with Gasteiger partial charge in [0.2, 0.25) is 10.0 Å². The van der Waals surface area contributed by atoms with Crippen molar-refractivity contribution in [2.24, 2.45) is 0 Å². The molecule has 1 N–H and O–H groups in total. The normalized spacial score (nSPS) is 14.3. The van der Waals surface area contributed by atoms with Crippen molar-refractivity contribution in [1.82, 2.24) is 4.72 Å². The second-order valence-corrected chi connectivity index (χ2v) is 5.49. The molecule has 0 fully saturated rings. The molecule has 0 rings (SSSR count). The monoisotopic (exact) mass is 272 g/mol. The maximum Gasteiger partial charge on any atom is 0.389 e. The molecular formula is C9H15F3N2O2S. The number of nitrogens with zero attached hydrogens (tertiary/aromatic N) is 1. The first kappa shape index (κ1) is 16.2. The van der Waals surface area contributed by atoms with E-state index in [1.807, 2.05) is 0 Å². The van der Waals surface area contributed by atoms with Crippen LogP contribution in [0, 0.1) is 11.3 Å². The Morgan fingerprint density at radius 2 is 1.94 bits per heavy atom. The number of unbranched alkanes of at least 4 members (excludes halogenated alkanes) is 1. The third-order valence-corrected chi connectivity index (χ3v) is 3.87. The summed E-state index contributed by atoms with van der Waals surface area (Å²) in [6.45, 7) is 1.48. The van der Waals surface area contributed by atoms with E-state index in [0.717, 1.165) is 0 Å². The van der Waals surface area contributed by atoms with Gasteiger partial charge in [-0.2, -0.15) is 18.4 Å². The van der Waals surface area contributed by atoms with Crippen molar-refractivity contribution in [3.8, 4) is 6.07 Å². The van der Waals surface area contributed by atoms with Crippen LogP contribution in [0.15, 0.2) is 0 Å². The Labute approximate surface area is 98.9 Å². The van der Waals surface area contributed by atoms with Crippen LogP contribution in [0.25, 0.3) is 0 Å². The van der Waals surface area contributed by atoms with E-state index in [1.165, 1.54) is 0 Å². The molecule has 0 spiro atoms. The van der Waals surface area contributed by atoms with Crippen molar-refractivity contribution >= 4 is 10.0 Å². The lowest BCUT2D eigenvalue weighted by Gasteiger charge is -2.10. The summed E-state index contributed by atoms with van der Waals surface area (Å²) < 4.78 is 60.2. The highest BCUT2D eigenvalue weighted by molar-refractivity contribution is 7.90. The smallest absolute Gasteiger partial charge is 0.214 e. The fourth-order valence-corrected chi connectivity index (χ4v) is 2.35. The van der Waals surface area contributed by atoms with E-state index in [-0.39, 0.29) is 25.8 Å². The van der Waals surface area contributed by atoms with Crippen LogP contribution in [0.5, 0.6) is 0 Å². The van der Waals surface area contributed by atoms with Gasteiger partial charge in [0.25, 0.3) is 0 Å². The first-order valence-corrected chi connectivity index (χ1v) is 6.72. The van der Waals surface area contributed by atoms with Crippen molar-refractivity contribution in [3.63, 3.8) is 0 Å². The molecule has 8 heteroatoms. The van der Waals surface area contributed by atoms with E-state index >= 15 is 0 Å². The molecule has 4 nitrogen and oxygen atoms in total. The molecule has 0 aromatic heterocycles. The maximum atomic E-state index is 11.8. The van der Waals surface area contributed by atoms with Gasteiger partial charge in [-0.05, 0) is 19.3 Å². The van der Waals surface area contributed by atoms with Crippen LogP contribution in [0.4, 0.5) is 13.2 Å².